The molecule has 1 fully saturated rings. The molecule has 1 rings (SSSR count). The van der Waals surface area contributed by atoms with Gasteiger partial charge in [-0.3, -0.25) is 4.79 Å². The van der Waals surface area contributed by atoms with Crippen molar-refractivity contribution in [1.29, 1.82) is 0 Å². The highest BCUT2D eigenvalue weighted by atomic mass is 19.1. The van der Waals surface area contributed by atoms with Crippen LogP contribution in [0.15, 0.2) is 0 Å². The van der Waals surface area contributed by atoms with Crippen molar-refractivity contribution in [2.24, 2.45) is 11.8 Å². The predicted octanol–water partition coefficient (Wildman–Crippen LogP) is 2.29. The number of carbonyl (C=O) groups is 1. The first-order valence-corrected chi connectivity index (χ1v) is 5.44. The SMILES string of the molecule is CCC1O[C@H](F)C(OC(C)=O)[C@@H](C)[C@@H]1C. The Balaban J connectivity index is 2.70. The molecule has 15 heavy (non-hydrogen) atoms. The number of hydrogen-bond donors (Lipinski definition) is 0. The summed E-state index contributed by atoms with van der Waals surface area (Å²) in [6, 6.07) is 0. The number of ether oxygens (including phenoxy) is 2. The van der Waals surface area contributed by atoms with E-state index in [0.29, 0.717) is 0 Å². The van der Waals surface area contributed by atoms with Gasteiger partial charge in [-0.05, 0) is 12.3 Å². The Morgan fingerprint density at radius 3 is 2.47 bits per heavy atom. The zero-order chi connectivity index (χ0) is 11.6. The van der Waals surface area contributed by atoms with Crippen LogP contribution in [0.5, 0.6) is 0 Å². The lowest BCUT2D eigenvalue weighted by molar-refractivity contribution is -0.229. The van der Waals surface area contributed by atoms with E-state index in [4.69, 9.17) is 9.47 Å². The molecule has 3 nitrogen and oxygen atoms in total. The summed E-state index contributed by atoms with van der Waals surface area (Å²) in [5, 5.41) is 0. The van der Waals surface area contributed by atoms with E-state index in [1.165, 1.54) is 6.92 Å². The molecule has 0 saturated carbocycles. The van der Waals surface area contributed by atoms with Crippen molar-refractivity contribution in [1.82, 2.24) is 0 Å². The minimum Gasteiger partial charge on any atom is -0.457 e. The Morgan fingerprint density at radius 1 is 1.40 bits per heavy atom. The highest BCUT2D eigenvalue weighted by Gasteiger charge is 2.42. The van der Waals surface area contributed by atoms with Crippen molar-refractivity contribution in [3.05, 3.63) is 0 Å². The molecule has 0 spiro atoms. The number of rotatable bonds is 2. The fourth-order valence-electron chi connectivity index (χ4n) is 2.07. The monoisotopic (exact) mass is 218 g/mol. The number of carbonyl (C=O) groups excluding carboxylic acids is 1. The van der Waals surface area contributed by atoms with E-state index in [2.05, 4.69) is 0 Å². The smallest absolute Gasteiger partial charge is 0.303 e. The van der Waals surface area contributed by atoms with E-state index in [9.17, 15) is 9.18 Å². The fourth-order valence-corrected chi connectivity index (χ4v) is 2.07. The number of halogens is 1. The second-order valence-electron chi connectivity index (χ2n) is 4.23. The topological polar surface area (TPSA) is 35.5 Å². The third kappa shape index (κ3) is 2.68. The molecule has 4 heteroatoms. The lowest BCUT2D eigenvalue weighted by Crippen LogP contribution is -2.48. The summed E-state index contributed by atoms with van der Waals surface area (Å²) in [6.45, 7) is 7.15. The standard InChI is InChI=1S/C11H19FO3/c1-5-9-6(2)7(3)10(11(12)15-9)14-8(4)13/h6-7,9-11H,5H2,1-4H3/t6-,7-,9?,10?,11-/m0/s1. The second kappa shape index (κ2) is 4.92. The summed E-state index contributed by atoms with van der Waals surface area (Å²) in [6.07, 6.45) is -1.56. The van der Waals surface area contributed by atoms with Crippen molar-refractivity contribution < 1.29 is 18.7 Å². The molecule has 0 N–H and O–H groups in total. The van der Waals surface area contributed by atoms with Crippen LogP contribution in [0, 0.1) is 11.8 Å². The third-order valence-electron chi connectivity index (χ3n) is 3.20. The van der Waals surface area contributed by atoms with Crippen molar-refractivity contribution in [3.8, 4) is 0 Å². The van der Waals surface area contributed by atoms with E-state index in [1.807, 2.05) is 20.8 Å². The van der Waals surface area contributed by atoms with Crippen LogP contribution in [0.2, 0.25) is 0 Å². The molecule has 1 aliphatic heterocycles. The molecular formula is C11H19FO3. The van der Waals surface area contributed by atoms with Gasteiger partial charge in [0, 0.05) is 12.8 Å². The van der Waals surface area contributed by atoms with Crippen LogP contribution in [0.3, 0.4) is 0 Å². The number of esters is 1. The average molecular weight is 218 g/mol. The Kier molecular flexibility index (Phi) is 4.08. The Labute approximate surface area is 89.9 Å². The van der Waals surface area contributed by atoms with Gasteiger partial charge in [0.1, 0.15) is 0 Å². The van der Waals surface area contributed by atoms with Gasteiger partial charge in [-0.15, -0.1) is 0 Å². The van der Waals surface area contributed by atoms with Crippen LogP contribution in [0.1, 0.15) is 34.1 Å². The van der Waals surface area contributed by atoms with Gasteiger partial charge in [-0.2, -0.15) is 0 Å². The molecule has 0 aromatic carbocycles. The lowest BCUT2D eigenvalue weighted by atomic mass is 9.83. The molecule has 1 saturated heterocycles. The summed E-state index contributed by atoms with van der Waals surface area (Å²) >= 11 is 0. The van der Waals surface area contributed by atoms with Gasteiger partial charge in [-0.1, -0.05) is 20.8 Å². The van der Waals surface area contributed by atoms with Crippen LogP contribution in [0.4, 0.5) is 4.39 Å². The van der Waals surface area contributed by atoms with Gasteiger partial charge >= 0.3 is 5.97 Å². The Bertz CT molecular complexity index is 232. The van der Waals surface area contributed by atoms with Crippen molar-refractivity contribution >= 4 is 5.97 Å². The van der Waals surface area contributed by atoms with E-state index in [1.54, 1.807) is 0 Å². The zero-order valence-corrected chi connectivity index (χ0v) is 9.70. The average Bonchev–Trinajstić information content (AvgIpc) is 2.18. The van der Waals surface area contributed by atoms with E-state index in [-0.39, 0.29) is 17.9 Å². The van der Waals surface area contributed by atoms with Gasteiger partial charge in [0.15, 0.2) is 6.10 Å². The summed E-state index contributed by atoms with van der Waals surface area (Å²) in [5.41, 5.74) is 0. The van der Waals surface area contributed by atoms with E-state index in [0.717, 1.165) is 6.42 Å². The molecule has 88 valence electrons. The van der Waals surface area contributed by atoms with Crippen LogP contribution in [0.25, 0.3) is 0 Å². The maximum atomic E-state index is 13.6. The summed E-state index contributed by atoms with van der Waals surface area (Å²) in [5.74, 6) is -0.269. The molecule has 0 aromatic rings. The molecule has 1 heterocycles. The van der Waals surface area contributed by atoms with Crippen LogP contribution in [-0.4, -0.2) is 24.5 Å². The molecule has 5 atom stereocenters. The zero-order valence-electron chi connectivity index (χ0n) is 9.70. The highest BCUT2D eigenvalue weighted by molar-refractivity contribution is 5.66. The maximum Gasteiger partial charge on any atom is 0.303 e. The maximum absolute atomic E-state index is 13.6. The Hall–Kier alpha value is -0.640. The normalized spacial score (nSPS) is 41.3. The fraction of sp³-hybridized carbons (Fsp3) is 0.909. The van der Waals surface area contributed by atoms with Crippen LogP contribution < -0.4 is 0 Å². The minimum absolute atomic E-state index is 0.0115. The van der Waals surface area contributed by atoms with Gasteiger partial charge in [0.05, 0.1) is 6.10 Å². The third-order valence-corrected chi connectivity index (χ3v) is 3.20. The molecular weight excluding hydrogens is 199 g/mol. The molecule has 2 unspecified atom stereocenters. The predicted molar refractivity (Wildman–Crippen MR) is 53.9 cm³/mol. The first-order valence-electron chi connectivity index (χ1n) is 5.44. The first-order chi connectivity index (χ1) is 6.97. The van der Waals surface area contributed by atoms with Gasteiger partial charge in [0.25, 0.3) is 0 Å². The molecule has 0 amide bonds. The molecule has 1 aliphatic rings. The quantitative estimate of drug-likeness (QED) is 0.667. The molecule has 0 aliphatic carbocycles. The molecule has 0 bridgehead atoms. The van der Waals surface area contributed by atoms with Crippen molar-refractivity contribution in [2.45, 2.75) is 52.7 Å². The van der Waals surface area contributed by atoms with E-state index < -0.39 is 18.4 Å². The van der Waals surface area contributed by atoms with Crippen molar-refractivity contribution in [2.75, 3.05) is 0 Å². The van der Waals surface area contributed by atoms with Gasteiger partial charge in [-0.25, -0.2) is 4.39 Å². The molecule has 0 aromatic heterocycles. The summed E-state index contributed by atoms with van der Waals surface area (Å²) < 4.78 is 23.7. The van der Waals surface area contributed by atoms with Crippen molar-refractivity contribution in [3.63, 3.8) is 0 Å². The first kappa shape index (κ1) is 12.4. The van der Waals surface area contributed by atoms with E-state index >= 15 is 0 Å². The van der Waals surface area contributed by atoms with Crippen LogP contribution >= 0.6 is 0 Å². The second-order valence-corrected chi connectivity index (χ2v) is 4.23. The molecule has 0 radical (unpaired) electrons. The largest absolute Gasteiger partial charge is 0.457 e. The number of hydrogen-bond acceptors (Lipinski definition) is 3. The summed E-state index contributed by atoms with van der Waals surface area (Å²) in [4.78, 5) is 10.8. The Morgan fingerprint density at radius 2 is 2.00 bits per heavy atom. The minimum atomic E-state index is -1.50. The lowest BCUT2D eigenvalue weighted by Gasteiger charge is -2.40. The van der Waals surface area contributed by atoms with Gasteiger partial charge < -0.3 is 9.47 Å². The van der Waals surface area contributed by atoms with Gasteiger partial charge in [0.2, 0.25) is 6.36 Å². The number of alkyl halides is 1. The van der Waals surface area contributed by atoms with Crippen LogP contribution in [-0.2, 0) is 14.3 Å². The highest BCUT2D eigenvalue weighted by Crippen LogP contribution is 2.34. The summed E-state index contributed by atoms with van der Waals surface area (Å²) in [7, 11) is 0.